The molecule has 1 fully saturated rings. The van der Waals surface area contributed by atoms with Crippen LogP contribution in [0.5, 0.6) is 0 Å². The lowest BCUT2D eigenvalue weighted by Gasteiger charge is -1.89. The number of allylic oxidation sites excluding steroid dienone is 3. The van der Waals surface area contributed by atoms with Gasteiger partial charge in [-0.3, -0.25) is 0 Å². The van der Waals surface area contributed by atoms with Crippen LogP contribution in [0.4, 0.5) is 0 Å². The monoisotopic (exact) mass is 250 g/mol. The average Bonchev–Trinajstić information content (AvgIpc) is 2.35. The lowest BCUT2D eigenvalue weighted by atomic mass is 10.4. The lowest BCUT2D eigenvalue weighted by Crippen LogP contribution is -1.82. The normalized spacial score (nSPS) is 30.7. The Bertz CT molecular complexity index is 147. The van der Waals surface area contributed by atoms with E-state index in [2.05, 4.69) is 44.5 Å². The summed E-state index contributed by atoms with van der Waals surface area (Å²) >= 11 is 7.03. The number of alkyl halides is 2. The van der Waals surface area contributed by atoms with Crippen molar-refractivity contribution in [2.45, 2.75) is 9.65 Å². The maximum Gasteiger partial charge on any atom is 0.0875 e. The Hall–Kier alpha value is 0.440. The van der Waals surface area contributed by atoms with Gasteiger partial charge in [0.2, 0.25) is 0 Å². The van der Waals surface area contributed by atoms with Crippen LogP contribution in [0.25, 0.3) is 0 Å². The molecule has 0 aromatic heterocycles. The third kappa shape index (κ3) is 1.94. The van der Waals surface area contributed by atoms with Crippen molar-refractivity contribution in [3.63, 3.8) is 0 Å². The highest BCUT2D eigenvalue weighted by Gasteiger charge is 2.48. The molecule has 1 aliphatic carbocycles. The first-order valence-electron chi connectivity index (χ1n) is 2.84. The predicted molar refractivity (Wildman–Crippen MR) is 48.0 cm³/mol. The fraction of sp³-hybridized carbons (Fsp3) is 0.429. The minimum Gasteiger partial charge on any atom is -0.0991 e. The molecule has 0 radical (unpaired) electrons. The van der Waals surface area contributed by atoms with E-state index in [9.17, 15) is 0 Å². The molecule has 0 amide bonds. The predicted octanol–water partition coefficient (Wildman–Crippen LogP) is 3.23. The second kappa shape index (κ2) is 2.59. The van der Waals surface area contributed by atoms with Crippen molar-refractivity contribution >= 4 is 31.9 Å². The highest BCUT2D eigenvalue weighted by atomic mass is 79.9. The summed E-state index contributed by atoms with van der Waals surface area (Å²) in [5, 5.41) is 0. The third-order valence-corrected chi connectivity index (χ3v) is 3.18. The van der Waals surface area contributed by atoms with Crippen LogP contribution < -0.4 is 0 Å². The van der Waals surface area contributed by atoms with E-state index >= 15 is 0 Å². The van der Waals surface area contributed by atoms with Crippen LogP contribution in [0.1, 0.15) is 6.42 Å². The summed E-state index contributed by atoms with van der Waals surface area (Å²) in [6, 6.07) is 0. The van der Waals surface area contributed by atoms with Gasteiger partial charge >= 0.3 is 0 Å². The van der Waals surface area contributed by atoms with E-state index in [1.165, 1.54) is 6.42 Å². The maximum atomic E-state index is 3.59. The lowest BCUT2D eigenvalue weighted by molar-refractivity contribution is 1.12. The Labute approximate surface area is 72.3 Å². The number of hydrogen-bond acceptors (Lipinski definition) is 0. The Balaban J connectivity index is 2.35. The molecule has 50 valence electrons. The third-order valence-electron chi connectivity index (χ3n) is 1.35. The Morgan fingerprint density at radius 3 is 2.44 bits per heavy atom. The molecular weight excluding hydrogens is 244 g/mol. The van der Waals surface area contributed by atoms with Gasteiger partial charge in [-0.1, -0.05) is 56.7 Å². The van der Waals surface area contributed by atoms with Gasteiger partial charge in [-0.05, 0) is 6.42 Å². The summed E-state index contributed by atoms with van der Waals surface area (Å²) in [6.45, 7) is 3.59. The van der Waals surface area contributed by atoms with E-state index in [1.54, 1.807) is 6.08 Å². The molecular formula is C7H8Br2. The maximum absolute atomic E-state index is 3.59. The van der Waals surface area contributed by atoms with Crippen LogP contribution >= 0.6 is 31.9 Å². The smallest absolute Gasteiger partial charge is 0.0875 e. The first-order chi connectivity index (χ1) is 4.17. The molecule has 1 saturated carbocycles. The average molecular weight is 252 g/mol. The Morgan fingerprint density at radius 1 is 1.56 bits per heavy atom. The summed E-state index contributed by atoms with van der Waals surface area (Å²) in [7, 11) is 0. The van der Waals surface area contributed by atoms with Crippen LogP contribution in [0.15, 0.2) is 24.8 Å². The van der Waals surface area contributed by atoms with Gasteiger partial charge in [0.1, 0.15) is 0 Å². The molecule has 1 rings (SSSR count). The molecule has 0 unspecified atom stereocenters. The molecule has 9 heavy (non-hydrogen) atoms. The zero-order valence-electron chi connectivity index (χ0n) is 4.98. The first-order valence-corrected chi connectivity index (χ1v) is 4.42. The molecule has 0 bridgehead atoms. The fourth-order valence-corrected chi connectivity index (χ4v) is 1.66. The van der Waals surface area contributed by atoms with Crippen molar-refractivity contribution in [1.82, 2.24) is 0 Å². The second-order valence-electron chi connectivity index (χ2n) is 2.19. The minimum atomic E-state index is 0.208. The molecule has 0 saturated heterocycles. The number of hydrogen-bond donors (Lipinski definition) is 0. The van der Waals surface area contributed by atoms with Gasteiger partial charge in [0.15, 0.2) is 0 Å². The van der Waals surface area contributed by atoms with Crippen molar-refractivity contribution in [1.29, 1.82) is 0 Å². The zero-order chi connectivity index (χ0) is 6.91. The summed E-state index contributed by atoms with van der Waals surface area (Å²) in [5.74, 6) is 0.649. The fourth-order valence-electron chi connectivity index (χ4n) is 0.656. The second-order valence-corrected chi connectivity index (χ2v) is 6.09. The topological polar surface area (TPSA) is 0 Å². The SMILES string of the molecule is C=C/C=C\[C@@H]1CC1(Br)Br. The molecule has 0 spiro atoms. The largest absolute Gasteiger partial charge is 0.0991 e. The minimum absolute atomic E-state index is 0.208. The molecule has 0 aromatic carbocycles. The van der Waals surface area contributed by atoms with Gasteiger partial charge in [-0.25, -0.2) is 0 Å². The molecule has 2 heteroatoms. The molecule has 0 nitrogen and oxygen atoms in total. The van der Waals surface area contributed by atoms with Crippen molar-refractivity contribution in [3.05, 3.63) is 24.8 Å². The summed E-state index contributed by atoms with van der Waals surface area (Å²) in [5.41, 5.74) is 0. The molecule has 1 atom stereocenters. The highest BCUT2D eigenvalue weighted by molar-refractivity contribution is 9.25. The van der Waals surface area contributed by atoms with E-state index in [0.717, 1.165) is 0 Å². The van der Waals surface area contributed by atoms with E-state index in [1.807, 2.05) is 6.08 Å². The summed E-state index contributed by atoms with van der Waals surface area (Å²) < 4.78 is 0.208. The molecule has 1 aliphatic rings. The molecule has 0 N–H and O–H groups in total. The van der Waals surface area contributed by atoms with Crippen LogP contribution in [0.2, 0.25) is 0 Å². The van der Waals surface area contributed by atoms with Crippen molar-refractivity contribution < 1.29 is 0 Å². The molecule has 0 aliphatic heterocycles. The van der Waals surface area contributed by atoms with Crippen molar-refractivity contribution in [2.24, 2.45) is 5.92 Å². The standard InChI is InChI=1S/C7H8Br2/c1-2-3-4-6-5-7(6,8)9/h2-4,6H,1,5H2/b4-3-/t6-/m1/s1. The van der Waals surface area contributed by atoms with E-state index in [0.29, 0.717) is 5.92 Å². The quantitative estimate of drug-likeness (QED) is 0.522. The van der Waals surface area contributed by atoms with Crippen molar-refractivity contribution in [3.8, 4) is 0 Å². The van der Waals surface area contributed by atoms with E-state index < -0.39 is 0 Å². The van der Waals surface area contributed by atoms with Gasteiger partial charge in [-0.15, -0.1) is 0 Å². The van der Waals surface area contributed by atoms with Gasteiger partial charge < -0.3 is 0 Å². The summed E-state index contributed by atoms with van der Waals surface area (Å²) in [4.78, 5) is 0. The highest BCUT2D eigenvalue weighted by Crippen LogP contribution is 2.56. The van der Waals surface area contributed by atoms with Crippen LogP contribution in [0.3, 0.4) is 0 Å². The van der Waals surface area contributed by atoms with Crippen molar-refractivity contribution in [2.75, 3.05) is 0 Å². The zero-order valence-corrected chi connectivity index (χ0v) is 8.15. The van der Waals surface area contributed by atoms with Crippen LogP contribution in [0, 0.1) is 5.92 Å². The van der Waals surface area contributed by atoms with Gasteiger partial charge in [0.25, 0.3) is 0 Å². The van der Waals surface area contributed by atoms with Gasteiger partial charge in [0.05, 0.1) is 3.23 Å². The molecule has 0 aromatic rings. The van der Waals surface area contributed by atoms with Gasteiger partial charge in [0, 0.05) is 5.92 Å². The van der Waals surface area contributed by atoms with E-state index in [-0.39, 0.29) is 3.23 Å². The van der Waals surface area contributed by atoms with Gasteiger partial charge in [-0.2, -0.15) is 0 Å². The first kappa shape index (κ1) is 7.55. The van der Waals surface area contributed by atoms with Crippen LogP contribution in [-0.2, 0) is 0 Å². The van der Waals surface area contributed by atoms with Crippen LogP contribution in [-0.4, -0.2) is 3.23 Å². The Kier molecular flexibility index (Phi) is 2.17. The summed E-state index contributed by atoms with van der Waals surface area (Å²) in [6.07, 6.45) is 7.11. The number of halogens is 2. The Morgan fingerprint density at radius 2 is 2.11 bits per heavy atom. The van der Waals surface area contributed by atoms with E-state index in [4.69, 9.17) is 0 Å². The number of rotatable bonds is 2. The molecule has 0 heterocycles.